The highest BCUT2D eigenvalue weighted by molar-refractivity contribution is 7.97. The summed E-state index contributed by atoms with van der Waals surface area (Å²) in [6.07, 6.45) is 10.2. The molecule has 0 radical (unpaired) electrons. The summed E-state index contributed by atoms with van der Waals surface area (Å²) in [7, 11) is 0.531. The lowest BCUT2D eigenvalue weighted by atomic mass is 9.55. The van der Waals surface area contributed by atoms with Crippen molar-refractivity contribution in [3.05, 3.63) is 42.0 Å². The van der Waals surface area contributed by atoms with Gasteiger partial charge in [-0.2, -0.15) is 0 Å². The average Bonchev–Trinajstić information content (AvgIpc) is 2.51. The van der Waals surface area contributed by atoms with Gasteiger partial charge in [-0.15, -0.1) is 0 Å². The molecule has 0 aromatic heterocycles. The van der Waals surface area contributed by atoms with Crippen LogP contribution in [0, 0.1) is 5.92 Å². The van der Waals surface area contributed by atoms with Gasteiger partial charge in [-0.25, -0.2) is 0 Å². The van der Waals surface area contributed by atoms with E-state index in [-0.39, 0.29) is 0 Å². The van der Waals surface area contributed by atoms with E-state index in [1.807, 2.05) is 6.07 Å². The highest BCUT2D eigenvalue weighted by atomic mass is 32.2. The van der Waals surface area contributed by atoms with Gasteiger partial charge in [0.2, 0.25) is 0 Å². The van der Waals surface area contributed by atoms with Gasteiger partial charge in [0.25, 0.3) is 0 Å². The Kier molecular flexibility index (Phi) is 3.33. The van der Waals surface area contributed by atoms with E-state index in [0.717, 1.165) is 11.2 Å². The summed E-state index contributed by atoms with van der Waals surface area (Å²) in [6.45, 7) is 3.99. The van der Waals surface area contributed by atoms with Gasteiger partial charge in [0.1, 0.15) is 22.5 Å². The van der Waals surface area contributed by atoms with Crippen LogP contribution >= 0.6 is 0 Å². The monoisotopic (exact) mass is 301 g/mol. The molecule has 4 rings (SSSR count). The third-order valence-corrected chi connectivity index (χ3v) is 8.91. The summed E-state index contributed by atoms with van der Waals surface area (Å²) in [4.78, 5) is 0. The molecule has 1 unspecified atom stereocenters. The largest absolute Gasteiger partial charge is 0.508 e. The number of rotatable bonds is 2. The molecule has 2 aliphatic carbocycles. The Balaban J connectivity index is 1.83. The summed E-state index contributed by atoms with van der Waals surface area (Å²) in [5.74, 6) is 3.91. The predicted octanol–water partition coefficient (Wildman–Crippen LogP) is 3.95. The fraction of sp³-hybridized carbons (Fsp3) is 0.579. The Morgan fingerprint density at radius 3 is 3.10 bits per heavy atom. The Bertz CT molecular complexity index is 567. The maximum atomic E-state index is 10.00. The minimum absolute atomic E-state index is 0.389. The molecule has 1 N–H and O–H groups in total. The van der Waals surface area contributed by atoms with Crippen LogP contribution in [0.25, 0.3) is 0 Å². The van der Waals surface area contributed by atoms with Crippen molar-refractivity contribution in [3.8, 4) is 5.75 Å². The van der Waals surface area contributed by atoms with Gasteiger partial charge < -0.3 is 5.11 Å². The summed E-state index contributed by atoms with van der Waals surface area (Å²) >= 11 is 0. The Morgan fingerprint density at radius 1 is 1.33 bits per heavy atom. The molecule has 4 atom stereocenters. The molecule has 1 aromatic carbocycles. The summed E-state index contributed by atoms with van der Waals surface area (Å²) < 4.78 is 0. The fourth-order valence-corrected chi connectivity index (χ4v) is 8.25. The van der Waals surface area contributed by atoms with E-state index in [9.17, 15) is 5.11 Å². The van der Waals surface area contributed by atoms with E-state index in [1.165, 1.54) is 61.2 Å². The van der Waals surface area contributed by atoms with Crippen LogP contribution in [0.2, 0.25) is 0 Å². The molecular weight excluding hydrogens is 276 g/mol. The molecule has 2 bridgehead atoms. The van der Waals surface area contributed by atoms with E-state index >= 15 is 0 Å². The Labute approximate surface area is 130 Å². The van der Waals surface area contributed by atoms with Gasteiger partial charge in [-0.3, -0.25) is 0 Å². The van der Waals surface area contributed by atoms with Gasteiger partial charge in [-0.05, 0) is 53.1 Å². The molecule has 2 heteroatoms. The van der Waals surface area contributed by atoms with Crippen molar-refractivity contribution < 1.29 is 5.11 Å². The zero-order valence-electron chi connectivity index (χ0n) is 12.7. The lowest BCUT2D eigenvalue weighted by molar-refractivity contribution is 0.151. The van der Waals surface area contributed by atoms with Crippen LogP contribution in [-0.4, -0.2) is 21.9 Å². The summed E-state index contributed by atoms with van der Waals surface area (Å²) in [6, 6.07) is 6.19. The molecule has 3 aliphatic rings. The van der Waals surface area contributed by atoms with Gasteiger partial charge in [-0.1, -0.05) is 25.5 Å². The van der Waals surface area contributed by atoms with Crippen LogP contribution in [0.3, 0.4) is 0 Å². The number of phenolic OH excluding ortho intramolecular Hbond substituents is 1. The van der Waals surface area contributed by atoms with E-state index < -0.39 is 0 Å². The second kappa shape index (κ2) is 5.08. The van der Waals surface area contributed by atoms with Gasteiger partial charge in [0.15, 0.2) is 0 Å². The standard InChI is InChI=1S/C19H24OS/c1-2-10-21-11-9-19-8-4-3-5-16(19)18(21)12-14-6-7-15(20)13-17(14)19/h2,6-7,13,16,18H,1,3-5,8-12H2/p+1/t16-,18+,19-,21?/m0/s1. The first-order valence-corrected chi connectivity index (χ1v) is 9.97. The third kappa shape index (κ3) is 1.98. The van der Waals surface area contributed by atoms with Gasteiger partial charge in [0.05, 0.1) is 0 Å². The number of benzene rings is 1. The molecule has 1 saturated heterocycles. The molecule has 1 aromatic rings. The normalized spacial score (nSPS) is 37.4. The average molecular weight is 301 g/mol. The third-order valence-electron chi connectivity index (χ3n) is 6.17. The van der Waals surface area contributed by atoms with Crippen molar-refractivity contribution in [1.29, 1.82) is 0 Å². The second-order valence-corrected chi connectivity index (χ2v) is 9.46. The zero-order valence-corrected chi connectivity index (χ0v) is 13.5. The van der Waals surface area contributed by atoms with Gasteiger partial charge >= 0.3 is 0 Å². The molecule has 0 amide bonds. The first-order chi connectivity index (χ1) is 10.2. The van der Waals surface area contributed by atoms with Crippen LogP contribution in [0.1, 0.15) is 43.2 Å². The summed E-state index contributed by atoms with van der Waals surface area (Å²) in [5.41, 5.74) is 3.42. The van der Waals surface area contributed by atoms with Crippen molar-refractivity contribution >= 4 is 10.9 Å². The van der Waals surface area contributed by atoms with E-state index in [0.29, 0.717) is 22.1 Å². The molecular formula is C19H25OS+. The minimum atomic E-state index is 0.389. The van der Waals surface area contributed by atoms with Crippen LogP contribution in [0.5, 0.6) is 5.75 Å². The SMILES string of the molecule is C=CC[S+]1CC[C@@]23CCCC[C@H]2[C@H]1Cc1ccc(O)cc13. The summed E-state index contributed by atoms with van der Waals surface area (Å²) in [5, 5.41) is 10.9. The zero-order chi connectivity index (χ0) is 14.4. The van der Waals surface area contributed by atoms with Crippen LogP contribution in [0.4, 0.5) is 0 Å². The first-order valence-electron chi connectivity index (χ1n) is 8.34. The van der Waals surface area contributed by atoms with Crippen molar-refractivity contribution in [2.24, 2.45) is 5.92 Å². The molecule has 1 heterocycles. The molecule has 1 saturated carbocycles. The second-order valence-electron chi connectivity index (χ2n) is 7.04. The Hall–Kier alpha value is -0.890. The van der Waals surface area contributed by atoms with Crippen molar-refractivity contribution in [3.63, 3.8) is 0 Å². The van der Waals surface area contributed by atoms with Crippen LogP contribution < -0.4 is 0 Å². The van der Waals surface area contributed by atoms with E-state index in [1.54, 1.807) is 0 Å². The topological polar surface area (TPSA) is 20.2 Å². The number of hydrogen-bond donors (Lipinski definition) is 1. The fourth-order valence-electron chi connectivity index (χ4n) is 5.33. The first kappa shape index (κ1) is 13.8. The van der Waals surface area contributed by atoms with Crippen LogP contribution in [0.15, 0.2) is 30.9 Å². The highest BCUT2D eigenvalue weighted by Gasteiger charge is 2.58. The Morgan fingerprint density at radius 2 is 2.24 bits per heavy atom. The molecule has 112 valence electrons. The molecule has 21 heavy (non-hydrogen) atoms. The maximum absolute atomic E-state index is 10.00. The van der Waals surface area contributed by atoms with E-state index in [2.05, 4.69) is 24.8 Å². The quantitative estimate of drug-likeness (QED) is 0.648. The van der Waals surface area contributed by atoms with Crippen molar-refractivity contribution in [2.45, 2.75) is 49.2 Å². The lowest BCUT2D eigenvalue weighted by Crippen LogP contribution is -2.57. The van der Waals surface area contributed by atoms with Crippen LogP contribution in [-0.2, 0) is 22.7 Å². The predicted molar refractivity (Wildman–Crippen MR) is 91.1 cm³/mol. The number of aromatic hydroxyl groups is 1. The number of phenols is 1. The van der Waals surface area contributed by atoms with Crippen molar-refractivity contribution in [1.82, 2.24) is 0 Å². The maximum Gasteiger partial charge on any atom is 0.126 e. The number of hydrogen-bond acceptors (Lipinski definition) is 1. The lowest BCUT2D eigenvalue weighted by Gasteiger charge is -2.54. The number of fused-ring (bicyclic) bond motifs is 1. The molecule has 1 aliphatic heterocycles. The molecule has 0 spiro atoms. The highest BCUT2D eigenvalue weighted by Crippen LogP contribution is 2.57. The van der Waals surface area contributed by atoms with Gasteiger partial charge in [0, 0.05) is 24.2 Å². The smallest absolute Gasteiger partial charge is 0.126 e. The molecule has 1 nitrogen and oxygen atoms in total. The van der Waals surface area contributed by atoms with E-state index in [4.69, 9.17) is 0 Å². The van der Waals surface area contributed by atoms with Crippen molar-refractivity contribution in [2.75, 3.05) is 11.5 Å². The minimum Gasteiger partial charge on any atom is -0.508 e. The molecule has 2 fully saturated rings.